The van der Waals surface area contributed by atoms with Crippen molar-refractivity contribution in [3.63, 3.8) is 0 Å². The third-order valence-electron chi connectivity index (χ3n) is 2.25. The van der Waals surface area contributed by atoms with Crippen LogP contribution < -0.4 is 0 Å². The summed E-state index contributed by atoms with van der Waals surface area (Å²) >= 11 is 0. The smallest absolute Gasteiger partial charge is 0.0702 e. The van der Waals surface area contributed by atoms with Gasteiger partial charge in [0, 0.05) is 19.6 Å². The van der Waals surface area contributed by atoms with E-state index in [4.69, 9.17) is 9.84 Å². The molecule has 0 aromatic rings. The lowest BCUT2D eigenvalue weighted by atomic mass is 10.2. The second-order valence-electron chi connectivity index (χ2n) is 3.31. The minimum absolute atomic E-state index is 0.263. The third-order valence-corrected chi connectivity index (χ3v) is 2.25. The Morgan fingerprint density at radius 2 is 2.42 bits per heavy atom. The van der Waals surface area contributed by atoms with Crippen LogP contribution >= 0.6 is 0 Å². The van der Waals surface area contributed by atoms with Crippen LogP contribution in [0.4, 0.5) is 0 Å². The van der Waals surface area contributed by atoms with E-state index >= 15 is 0 Å². The SMILES string of the molecule is CCCC1CN(CCO)CCO1. The zero-order valence-electron chi connectivity index (χ0n) is 7.83. The molecule has 0 radical (unpaired) electrons. The molecule has 1 aliphatic heterocycles. The topological polar surface area (TPSA) is 32.7 Å². The molecular weight excluding hydrogens is 154 g/mol. The Balaban J connectivity index is 2.20. The van der Waals surface area contributed by atoms with E-state index in [1.807, 2.05) is 0 Å². The predicted molar refractivity (Wildman–Crippen MR) is 48.2 cm³/mol. The number of rotatable bonds is 4. The highest BCUT2D eigenvalue weighted by molar-refractivity contribution is 4.70. The molecule has 12 heavy (non-hydrogen) atoms. The fraction of sp³-hybridized carbons (Fsp3) is 1.00. The van der Waals surface area contributed by atoms with Gasteiger partial charge in [0.05, 0.1) is 19.3 Å². The number of hydrogen-bond donors (Lipinski definition) is 1. The van der Waals surface area contributed by atoms with E-state index in [-0.39, 0.29) is 6.61 Å². The van der Waals surface area contributed by atoms with Crippen molar-refractivity contribution in [3.8, 4) is 0 Å². The fourth-order valence-electron chi connectivity index (χ4n) is 1.62. The molecule has 3 heteroatoms. The van der Waals surface area contributed by atoms with E-state index < -0.39 is 0 Å². The molecular formula is C9H19NO2. The Labute approximate surface area is 74.3 Å². The fourth-order valence-corrected chi connectivity index (χ4v) is 1.62. The Morgan fingerprint density at radius 1 is 1.58 bits per heavy atom. The summed E-state index contributed by atoms with van der Waals surface area (Å²) in [5.41, 5.74) is 0. The van der Waals surface area contributed by atoms with Crippen LogP contribution in [0.25, 0.3) is 0 Å². The number of morpholine rings is 1. The standard InChI is InChI=1S/C9H19NO2/c1-2-3-9-8-10(4-6-11)5-7-12-9/h9,11H,2-8H2,1H3. The highest BCUT2D eigenvalue weighted by atomic mass is 16.5. The van der Waals surface area contributed by atoms with Gasteiger partial charge in [0.25, 0.3) is 0 Å². The van der Waals surface area contributed by atoms with E-state index in [1.165, 1.54) is 6.42 Å². The molecule has 0 bridgehead atoms. The van der Waals surface area contributed by atoms with Gasteiger partial charge in [-0.1, -0.05) is 13.3 Å². The number of ether oxygens (including phenoxy) is 1. The number of β-amino-alcohol motifs (C(OH)–C–C–N with tert-alkyl or cyclic N) is 1. The lowest BCUT2D eigenvalue weighted by Crippen LogP contribution is -2.43. The van der Waals surface area contributed by atoms with Gasteiger partial charge in [0.15, 0.2) is 0 Å². The Morgan fingerprint density at radius 3 is 3.08 bits per heavy atom. The van der Waals surface area contributed by atoms with Gasteiger partial charge in [-0.05, 0) is 6.42 Å². The molecule has 1 rings (SSSR count). The van der Waals surface area contributed by atoms with Gasteiger partial charge in [0.1, 0.15) is 0 Å². The molecule has 1 fully saturated rings. The van der Waals surface area contributed by atoms with Crippen LogP contribution in [0.15, 0.2) is 0 Å². The number of hydrogen-bond acceptors (Lipinski definition) is 3. The average molecular weight is 173 g/mol. The summed E-state index contributed by atoms with van der Waals surface area (Å²) in [6, 6.07) is 0. The molecule has 1 N–H and O–H groups in total. The van der Waals surface area contributed by atoms with Crippen LogP contribution in [0.1, 0.15) is 19.8 Å². The van der Waals surface area contributed by atoms with Gasteiger partial charge in [-0.2, -0.15) is 0 Å². The highest BCUT2D eigenvalue weighted by Gasteiger charge is 2.18. The minimum atomic E-state index is 0.263. The minimum Gasteiger partial charge on any atom is -0.395 e. The Hall–Kier alpha value is -0.120. The van der Waals surface area contributed by atoms with Gasteiger partial charge >= 0.3 is 0 Å². The van der Waals surface area contributed by atoms with Crippen LogP contribution in [0.2, 0.25) is 0 Å². The first kappa shape index (κ1) is 9.96. The van der Waals surface area contributed by atoms with Crippen molar-refractivity contribution >= 4 is 0 Å². The van der Waals surface area contributed by atoms with Crippen molar-refractivity contribution in [2.75, 3.05) is 32.8 Å². The quantitative estimate of drug-likeness (QED) is 0.671. The lowest BCUT2D eigenvalue weighted by molar-refractivity contribution is -0.0357. The van der Waals surface area contributed by atoms with Crippen molar-refractivity contribution in [2.24, 2.45) is 0 Å². The third kappa shape index (κ3) is 3.09. The summed E-state index contributed by atoms with van der Waals surface area (Å²) in [7, 11) is 0. The maximum absolute atomic E-state index is 8.75. The molecule has 0 aliphatic carbocycles. The Bertz CT molecular complexity index is 103. The molecule has 3 nitrogen and oxygen atoms in total. The zero-order valence-corrected chi connectivity index (χ0v) is 7.83. The van der Waals surface area contributed by atoms with Crippen LogP contribution in [0.3, 0.4) is 0 Å². The molecule has 1 saturated heterocycles. The van der Waals surface area contributed by atoms with E-state index in [0.29, 0.717) is 6.10 Å². The predicted octanol–water partition coefficient (Wildman–Crippen LogP) is 0.480. The molecule has 0 spiro atoms. The summed E-state index contributed by atoms with van der Waals surface area (Å²) in [5.74, 6) is 0. The molecule has 1 atom stereocenters. The molecule has 72 valence electrons. The molecule has 1 unspecified atom stereocenters. The molecule has 0 aromatic carbocycles. The summed E-state index contributed by atoms with van der Waals surface area (Å²) in [5, 5.41) is 8.75. The molecule has 0 amide bonds. The maximum Gasteiger partial charge on any atom is 0.0702 e. The summed E-state index contributed by atoms with van der Waals surface area (Å²) in [6.07, 6.45) is 2.72. The van der Waals surface area contributed by atoms with Crippen LogP contribution in [0, 0.1) is 0 Å². The first-order chi connectivity index (χ1) is 5.86. The number of aliphatic hydroxyl groups excluding tert-OH is 1. The monoisotopic (exact) mass is 173 g/mol. The van der Waals surface area contributed by atoms with Crippen molar-refractivity contribution < 1.29 is 9.84 Å². The van der Waals surface area contributed by atoms with Gasteiger partial charge in [0.2, 0.25) is 0 Å². The molecule has 0 saturated carbocycles. The highest BCUT2D eigenvalue weighted by Crippen LogP contribution is 2.09. The summed E-state index contributed by atoms with van der Waals surface area (Å²) in [4.78, 5) is 2.27. The lowest BCUT2D eigenvalue weighted by Gasteiger charge is -2.32. The van der Waals surface area contributed by atoms with Gasteiger partial charge in [-0.3, -0.25) is 4.90 Å². The second-order valence-corrected chi connectivity index (χ2v) is 3.31. The first-order valence-electron chi connectivity index (χ1n) is 4.81. The maximum atomic E-state index is 8.75. The van der Waals surface area contributed by atoms with E-state index in [2.05, 4.69) is 11.8 Å². The van der Waals surface area contributed by atoms with Gasteiger partial charge < -0.3 is 9.84 Å². The van der Waals surface area contributed by atoms with Gasteiger partial charge in [-0.25, -0.2) is 0 Å². The van der Waals surface area contributed by atoms with Crippen molar-refractivity contribution in [1.29, 1.82) is 0 Å². The first-order valence-corrected chi connectivity index (χ1v) is 4.81. The van der Waals surface area contributed by atoms with Crippen molar-refractivity contribution in [2.45, 2.75) is 25.9 Å². The number of aliphatic hydroxyl groups is 1. The van der Waals surface area contributed by atoms with Crippen molar-refractivity contribution in [1.82, 2.24) is 4.90 Å². The van der Waals surface area contributed by atoms with Crippen LogP contribution in [-0.4, -0.2) is 49.0 Å². The van der Waals surface area contributed by atoms with Gasteiger partial charge in [-0.15, -0.1) is 0 Å². The summed E-state index contributed by atoms with van der Waals surface area (Å²) < 4.78 is 5.57. The molecule has 1 aliphatic rings. The Kier molecular flexibility index (Phi) is 4.58. The van der Waals surface area contributed by atoms with Crippen LogP contribution in [0.5, 0.6) is 0 Å². The van der Waals surface area contributed by atoms with Crippen LogP contribution in [-0.2, 0) is 4.74 Å². The van der Waals surface area contributed by atoms with E-state index in [1.54, 1.807) is 0 Å². The second kappa shape index (κ2) is 5.51. The molecule has 0 aromatic heterocycles. The van der Waals surface area contributed by atoms with E-state index in [0.717, 1.165) is 32.7 Å². The summed E-state index contributed by atoms with van der Waals surface area (Å²) in [6.45, 7) is 6.02. The molecule has 1 heterocycles. The van der Waals surface area contributed by atoms with Crippen molar-refractivity contribution in [3.05, 3.63) is 0 Å². The van der Waals surface area contributed by atoms with E-state index in [9.17, 15) is 0 Å². The zero-order chi connectivity index (χ0) is 8.81. The normalized spacial score (nSPS) is 26.0. The largest absolute Gasteiger partial charge is 0.395 e. The number of nitrogens with zero attached hydrogens (tertiary/aromatic N) is 1. The average Bonchev–Trinajstić information content (AvgIpc) is 2.06.